The van der Waals surface area contributed by atoms with Crippen LogP contribution in [0.3, 0.4) is 0 Å². The molecule has 0 aliphatic carbocycles. The Bertz CT molecular complexity index is 393. The van der Waals surface area contributed by atoms with E-state index >= 15 is 0 Å². The number of carboxylic acid groups (broad SMARTS) is 1. The summed E-state index contributed by atoms with van der Waals surface area (Å²) in [5, 5.41) is 10.7. The van der Waals surface area contributed by atoms with Gasteiger partial charge in [0.2, 0.25) is 0 Å². The minimum Gasteiger partial charge on any atom is -0.549 e. The normalized spacial score (nSPS) is 18.1. The summed E-state index contributed by atoms with van der Waals surface area (Å²) in [6, 6.07) is 9.60. The molecular formula is C14H18NO3S-. The number of ether oxygens (including phenoxy) is 1. The molecule has 2 rings (SSSR count). The summed E-state index contributed by atoms with van der Waals surface area (Å²) in [7, 11) is 0. The Morgan fingerprint density at radius 3 is 2.63 bits per heavy atom. The molecule has 1 aromatic carbocycles. The number of hydrogen-bond donors (Lipinski definition) is 0. The Labute approximate surface area is 117 Å². The van der Waals surface area contributed by atoms with Crippen LogP contribution >= 0.6 is 11.8 Å². The van der Waals surface area contributed by atoms with Gasteiger partial charge in [-0.15, -0.1) is 11.8 Å². The van der Waals surface area contributed by atoms with E-state index in [1.807, 2.05) is 30.3 Å². The Morgan fingerprint density at radius 2 is 2.00 bits per heavy atom. The second kappa shape index (κ2) is 7.53. The fraction of sp³-hybridized carbons (Fsp3) is 0.500. The predicted octanol–water partition coefficient (Wildman–Crippen LogP) is 0.619. The second-order valence-electron chi connectivity index (χ2n) is 4.48. The molecule has 0 bridgehead atoms. The molecule has 1 atom stereocenters. The second-order valence-corrected chi connectivity index (χ2v) is 5.76. The number of rotatable bonds is 6. The standard InChI is InChI=1S/C14H19NO3S/c16-14(17)13(19-12-4-2-1-3-5-12)6-7-15-8-10-18-11-9-15/h1-5,13H,6-11H2,(H,16,17)/p-1. The number of nitrogens with zero attached hydrogens (tertiary/aromatic N) is 1. The van der Waals surface area contributed by atoms with Crippen molar-refractivity contribution in [3.8, 4) is 0 Å². The lowest BCUT2D eigenvalue weighted by Gasteiger charge is -2.28. The molecule has 19 heavy (non-hydrogen) atoms. The maximum absolute atomic E-state index is 11.2. The quantitative estimate of drug-likeness (QED) is 0.715. The van der Waals surface area contributed by atoms with Crippen LogP contribution in [0.1, 0.15) is 6.42 Å². The van der Waals surface area contributed by atoms with Gasteiger partial charge in [-0.25, -0.2) is 0 Å². The molecule has 1 unspecified atom stereocenters. The third-order valence-corrected chi connectivity index (χ3v) is 4.35. The van der Waals surface area contributed by atoms with Gasteiger partial charge in [0.05, 0.1) is 24.4 Å². The summed E-state index contributed by atoms with van der Waals surface area (Å²) in [5.41, 5.74) is 0. The van der Waals surface area contributed by atoms with Gasteiger partial charge in [-0.3, -0.25) is 4.90 Å². The number of hydrogen-bond acceptors (Lipinski definition) is 5. The van der Waals surface area contributed by atoms with Crippen LogP contribution in [0.25, 0.3) is 0 Å². The van der Waals surface area contributed by atoms with E-state index in [0.29, 0.717) is 6.42 Å². The van der Waals surface area contributed by atoms with Gasteiger partial charge in [-0.1, -0.05) is 18.2 Å². The fourth-order valence-corrected chi connectivity index (χ4v) is 2.98. The van der Waals surface area contributed by atoms with E-state index in [2.05, 4.69) is 4.90 Å². The van der Waals surface area contributed by atoms with Crippen molar-refractivity contribution in [1.82, 2.24) is 4.90 Å². The van der Waals surface area contributed by atoms with Crippen molar-refractivity contribution in [3.63, 3.8) is 0 Å². The number of carboxylic acids is 1. The van der Waals surface area contributed by atoms with E-state index in [1.165, 1.54) is 11.8 Å². The zero-order chi connectivity index (χ0) is 13.5. The van der Waals surface area contributed by atoms with Gasteiger partial charge in [0.25, 0.3) is 0 Å². The molecule has 0 saturated carbocycles. The average Bonchev–Trinajstić information content (AvgIpc) is 2.45. The largest absolute Gasteiger partial charge is 0.549 e. The minimum atomic E-state index is -0.984. The highest BCUT2D eigenvalue weighted by atomic mass is 32.2. The first-order valence-electron chi connectivity index (χ1n) is 6.48. The van der Waals surface area contributed by atoms with E-state index < -0.39 is 11.2 Å². The van der Waals surface area contributed by atoms with E-state index in [1.54, 1.807) is 0 Å². The van der Waals surface area contributed by atoms with Crippen molar-refractivity contribution in [3.05, 3.63) is 30.3 Å². The highest BCUT2D eigenvalue weighted by Gasteiger charge is 2.16. The first-order chi connectivity index (χ1) is 9.25. The highest BCUT2D eigenvalue weighted by Crippen LogP contribution is 2.25. The first kappa shape index (κ1) is 14.4. The van der Waals surface area contributed by atoms with Crippen LogP contribution in [0.2, 0.25) is 0 Å². The predicted molar refractivity (Wildman–Crippen MR) is 73.0 cm³/mol. The molecule has 1 aromatic rings. The van der Waals surface area contributed by atoms with Gasteiger partial charge in [-0.2, -0.15) is 0 Å². The topological polar surface area (TPSA) is 52.6 Å². The van der Waals surface area contributed by atoms with E-state index in [9.17, 15) is 9.90 Å². The highest BCUT2D eigenvalue weighted by molar-refractivity contribution is 8.00. The molecule has 5 heteroatoms. The Kier molecular flexibility index (Phi) is 5.69. The van der Waals surface area contributed by atoms with Crippen LogP contribution in [-0.2, 0) is 9.53 Å². The number of aliphatic carboxylic acids is 1. The van der Waals surface area contributed by atoms with Crippen LogP contribution in [0, 0.1) is 0 Å². The molecule has 1 saturated heterocycles. The van der Waals surface area contributed by atoms with Crippen molar-refractivity contribution in [2.24, 2.45) is 0 Å². The zero-order valence-corrected chi connectivity index (χ0v) is 11.6. The number of morpholine rings is 1. The monoisotopic (exact) mass is 280 g/mol. The number of benzene rings is 1. The summed E-state index contributed by atoms with van der Waals surface area (Å²) < 4.78 is 5.27. The van der Waals surface area contributed by atoms with Gasteiger partial charge >= 0.3 is 0 Å². The van der Waals surface area contributed by atoms with Crippen LogP contribution < -0.4 is 5.11 Å². The Hall–Kier alpha value is -1.04. The van der Waals surface area contributed by atoms with E-state index in [-0.39, 0.29) is 0 Å². The molecule has 0 amide bonds. The molecule has 0 radical (unpaired) electrons. The molecule has 4 nitrogen and oxygen atoms in total. The van der Waals surface area contributed by atoms with Gasteiger partial charge in [-0.05, 0) is 25.1 Å². The van der Waals surface area contributed by atoms with Crippen molar-refractivity contribution in [1.29, 1.82) is 0 Å². The maximum atomic E-state index is 11.2. The van der Waals surface area contributed by atoms with Crippen LogP contribution in [0.15, 0.2) is 35.2 Å². The van der Waals surface area contributed by atoms with E-state index in [4.69, 9.17) is 4.74 Å². The van der Waals surface area contributed by atoms with Crippen molar-refractivity contribution in [2.75, 3.05) is 32.8 Å². The van der Waals surface area contributed by atoms with Gasteiger partial charge in [0, 0.05) is 18.0 Å². The number of carbonyl (C=O) groups excluding carboxylic acids is 1. The summed E-state index contributed by atoms with van der Waals surface area (Å²) >= 11 is 1.37. The Balaban J connectivity index is 1.84. The lowest BCUT2D eigenvalue weighted by atomic mass is 10.2. The Morgan fingerprint density at radius 1 is 1.32 bits per heavy atom. The SMILES string of the molecule is O=C([O-])C(CCN1CCOCC1)Sc1ccccc1. The molecule has 1 fully saturated rings. The molecule has 104 valence electrons. The number of thioether (sulfide) groups is 1. The minimum absolute atomic E-state index is 0.495. The van der Waals surface area contributed by atoms with Crippen molar-refractivity contribution in [2.45, 2.75) is 16.6 Å². The molecular weight excluding hydrogens is 262 g/mol. The molecule has 0 aromatic heterocycles. The van der Waals surface area contributed by atoms with Crippen LogP contribution in [0.4, 0.5) is 0 Å². The first-order valence-corrected chi connectivity index (χ1v) is 7.36. The van der Waals surface area contributed by atoms with Gasteiger partial charge < -0.3 is 14.6 Å². The van der Waals surface area contributed by atoms with Crippen LogP contribution in [0.5, 0.6) is 0 Å². The van der Waals surface area contributed by atoms with Gasteiger partial charge in [0.15, 0.2) is 0 Å². The summed E-state index contributed by atoms with van der Waals surface area (Å²) in [5.74, 6) is -0.984. The van der Waals surface area contributed by atoms with Crippen molar-refractivity contribution >= 4 is 17.7 Å². The van der Waals surface area contributed by atoms with E-state index in [0.717, 1.165) is 37.7 Å². The molecule has 0 spiro atoms. The summed E-state index contributed by atoms with van der Waals surface area (Å²) in [4.78, 5) is 14.4. The van der Waals surface area contributed by atoms with Crippen molar-refractivity contribution < 1.29 is 14.6 Å². The third-order valence-electron chi connectivity index (χ3n) is 3.10. The smallest absolute Gasteiger partial charge is 0.0594 e. The summed E-state index contributed by atoms with van der Waals surface area (Å²) in [6.07, 6.45) is 0.599. The van der Waals surface area contributed by atoms with Crippen LogP contribution in [-0.4, -0.2) is 49.0 Å². The number of carbonyl (C=O) groups is 1. The maximum Gasteiger partial charge on any atom is 0.0594 e. The lowest BCUT2D eigenvalue weighted by Crippen LogP contribution is -2.40. The average molecular weight is 280 g/mol. The third kappa shape index (κ3) is 4.86. The fourth-order valence-electron chi connectivity index (χ4n) is 2.01. The summed E-state index contributed by atoms with van der Waals surface area (Å²) in [6.45, 7) is 4.02. The van der Waals surface area contributed by atoms with Gasteiger partial charge in [0.1, 0.15) is 0 Å². The molecule has 0 N–H and O–H groups in total. The molecule has 1 aliphatic heterocycles. The molecule has 1 aliphatic rings. The zero-order valence-electron chi connectivity index (χ0n) is 10.8. The molecule has 1 heterocycles. The lowest BCUT2D eigenvalue weighted by molar-refractivity contribution is -0.304.